The minimum atomic E-state index is -0.0435. The highest BCUT2D eigenvalue weighted by Gasteiger charge is 2.13. The van der Waals surface area contributed by atoms with Crippen LogP contribution in [0.1, 0.15) is 13.3 Å². The van der Waals surface area contributed by atoms with E-state index in [1.165, 1.54) is 5.32 Å². The van der Waals surface area contributed by atoms with Gasteiger partial charge >= 0.3 is 6.03 Å². The smallest absolute Gasteiger partial charge is 0.394 e. The van der Waals surface area contributed by atoms with E-state index in [2.05, 4.69) is 7.05 Å². The average Bonchev–Trinajstić information content (AvgIpc) is 2.26. The fourth-order valence-electron chi connectivity index (χ4n) is 1.31. The van der Waals surface area contributed by atoms with Crippen LogP contribution in [-0.2, 0) is 0 Å². The van der Waals surface area contributed by atoms with Crippen LogP contribution in [0.3, 0.4) is 0 Å². The average molecular weight is 192 g/mol. The van der Waals surface area contributed by atoms with Gasteiger partial charge in [0.15, 0.2) is 0 Å². The Morgan fingerprint density at radius 1 is 1.43 bits per heavy atom. The number of nitrogens with two attached hydrogens (primary N) is 1. The first-order valence-electron chi connectivity index (χ1n) is 4.78. The van der Waals surface area contributed by atoms with Gasteiger partial charge < -0.3 is 5.32 Å². The minimum Gasteiger partial charge on any atom is -0.394 e. The standard InChI is InChI=1S/C11H16N2O/c1-3-9-13(11(14)12-2)10-7-5-4-6-8-10/h4-8H,2-3,9,12H2,1H3. The van der Waals surface area contributed by atoms with Crippen molar-refractivity contribution in [1.29, 1.82) is 0 Å². The highest BCUT2D eigenvalue weighted by molar-refractivity contribution is 5.84. The third kappa shape index (κ3) is 2.57. The SMILES string of the molecule is [CH2-][NH2+]C(=O)N(CCC)c1ccccc1. The van der Waals surface area contributed by atoms with Gasteiger partial charge in [-0.15, -0.1) is 7.05 Å². The second kappa shape index (κ2) is 5.40. The van der Waals surface area contributed by atoms with Crippen molar-refractivity contribution in [2.24, 2.45) is 0 Å². The van der Waals surface area contributed by atoms with Gasteiger partial charge in [0.05, 0.1) is 0 Å². The first-order chi connectivity index (χ1) is 6.79. The molecule has 0 aliphatic rings. The number of urea groups is 1. The molecule has 0 aliphatic carbocycles. The van der Waals surface area contributed by atoms with Gasteiger partial charge in [0.25, 0.3) is 0 Å². The summed E-state index contributed by atoms with van der Waals surface area (Å²) in [6.45, 7) is 2.78. The summed E-state index contributed by atoms with van der Waals surface area (Å²) < 4.78 is 0. The fourth-order valence-corrected chi connectivity index (χ4v) is 1.31. The highest BCUT2D eigenvalue weighted by Crippen LogP contribution is 2.12. The Bertz CT molecular complexity index is 285. The number of carbonyl (C=O) groups excluding carboxylic acids is 1. The zero-order valence-electron chi connectivity index (χ0n) is 8.44. The number of hydrogen-bond donors (Lipinski definition) is 1. The predicted molar refractivity (Wildman–Crippen MR) is 56.8 cm³/mol. The maximum absolute atomic E-state index is 11.5. The van der Waals surface area contributed by atoms with Crippen LogP contribution >= 0.6 is 0 Å². The van der Waals surface area contributed by atoms with E-state index in [9.17, 15) is 4.79 Å². The molecule has 0 aromatic heterocycles. The second-order valence-corrected chi connectivity index (χ2v) is 3.03. The number of para-hydroxylation sites is 1. The van der Waals surface area contributed by atoms with E-state index < -0.39 is 0 Å². The number of primary amides is 1. The van der Waals surface area contributed by atoms with Crippen molar-refractivity contribution in [1.82, 2.24) is 0 Å². The number of anilines is 1. The molecule has 0 fully saturated rings. The largest absolute Gasteiger partial charge is 0.394 e. The summed E-state index contributed by atoms with van der Waals surface area (Å²) in [4.78, 5) is 13.2. The summed E-state index contributed by atoms with van der Waals surface area (Å²) in [5, 5.41) is 1.35. The molecule has 14 heavy (non-hydrogen) atoms. The molecule has 0 spiro atoms. The molecule has 0 radical (unpaired) electrons. The first-order valence-corrected chi connectivity index (χ1v) is 4.78. The summed E-state index contributed by atoms with van der Waals surface area (Å²) in [5.74, 6) is 0. The topological polar surface area (TPSA) is 36.9 Å². The Kier molecular flexibility index (Phi) is 4.13. The molecule has 0 atom stereocenters. The molecule has 1 rings (SSSR count). The molecule has 0 bridgehead atoms. The van der Waals surface area contributed by atoms with Crippen molar-refractivity contribution >= 4 is 11.7 Å². The maximum Gasteiger partial charge on any atom is 0.394 e. The lowest BCUT2D eigenvalue weighted by Crippen LogP contribution is -2.85. The van der Waals surface area contributed by atoms with Gasteiger partial charge in [-0.3, -0.25) is 4.90 Å². The van der Waals surface area contributed by atoms with Crippen LogP contribution in [0.5, 0.6) is 0 Å². The van der Waals surface area contributed by atoms with E-state index in [1.54, 1.807) is 4.90 Å². The van der Waals surface area contributed by atoms with Crippen molar-refractivity contribution in [2.45, 2.75) is 13.3 Å². The molecule has 3 heteroatoms. The number of carbonyl (C=O) groups is 1. The number of rotatable bonds is 3. The molecule has 0 unspecified atom stereocenters. The van der Waals surface area contributed by atoms with Gasteiger partial charge in [-0.05, 0) is 18.6 Å². The van der Waals surface area contributed by atoms with Crippen molar-refractivity contribution in [3.63, 3.8) is 0 Å². The third-order valence-corrected chi connectivity index (χ3v) is 1.96. The molecule has 1 aromatic carbocycles. The van der Waals surface area contributed by atoms with Crippen LogP contribution in [-0.4, -0.2) is 12.6 Å². The summed E-state index contributed by atoms with van der Waals surface area (Å²) in [7, 11) is 3.50. The molecule has 2 amide bonds. The maximum atomic E-state index is 11.5. The van der Waals surface area contributed by atoms with Crippen molar-refractivity contribution < 1.29 is 10.1 Å². The van der Waals surface area contributed by atoms with Crippen LogP contribution < -0.4 is 10.2 Å². The summed E-state index contributed by atoms with van der Waals surface area (Å²) >= 11 is 0. The van der Waals surface area contributed by atoms with E-state index in [4.69, 9.17) is 0 Å². The van der Waals surface area contributed by atoms with Gasteiger partial charge in [-0.1, -0.05) is 25.1 Å². The van der Waals surface area contributed by atoms with Crippen LogP contribution in [0.4, 0.5) is 10.5 Å². The van der Waals surface area contributed by atoms with Crippen molar-refractivity contribution in [3.05, 3.63) is 37.4 Å². The normalized spacial score (nSPS) is 9.86. The van der Waals surface area contributed by atoms with Gasteiger partial charge in [0.2, 0.25) is 0 Å². The number of benzene rings is 1. The zero-order valence-corrected chi connectivity index (χ0v) is 8.44. The number of nitrogens with zero attached hydrogens (tertiary/aromatic N) is 1. The third-order valence-electron chi connectivity index (χ3n) is 1.96. The lowest BCUT2D eigenvalue weighted by atomic mass is 10.3. The van der Waals surface area contributed by atoms with E-state index in [-0.39, 0.29) is 6.03 Å². The molecule has 0 saturated carbocycles. The first kappa shape index (κ1) is 10.7. The molecule has 76 valence electrons. The number of amides is 2. The van der Waals surface area contributed by atoms with E-state index in [0.717, 1.165) is 18.7 Å². The number of quaternary nitrogens is 1. The lowest BCUT2D eigenvalue weighted by molar-refractivity contribution is -0.487. The van der Waals surface area contributed by atoms with Gasteiger partial charge in [0.1, 0.15) is 0 Å². The van der Waals surface area contributed by atoms with Crippen molar-refractivity contribution in [3.8, 4) is 0 Å². The summed E-state index contributed by atoms with van der Waals surface area (Å²) in [6, 6.07) is 9.60. The molecular formula is C11H16N2O. The Morgan fingerprint density at radius 2 is 2.07 bits per heavy atom. The Balaban J connectivity index is 2.83. The molecular weight excluding hydrogens is 176 g/mol. The van der Waals surface area contributed by atoms with E-state index in [0.29, 0.717) is 0 Å². The fraction of sp³-hybridized carbons (Fsp3) is 0.273. The van der Waals surface area contributed by atoms with Crippen molar-refractivity contribution in [2.75, 3.05) is 11.4 Å². The van der Waals surface area contributed by atoms with Gasteiger partial charge in [-0.25, -0.2) is 4.79 Å². The van der Waals surface area contributed by atoms with Gasteiger partial charge in [0, 0.05) is 12.2 Å². The van der Waals surface area contributed by atoms with Crippen LogP contribution in [0.25, 0.3) is 0 Å². The Hall–Kier alpha value is -1.35. The Morgan fingerprint density at radius 3 is 2.57 bits per heavy atom. The van der Waals surface area contributed by atoms with Crippen LogP contribution in [0, 0.1) is 7.05 Å². The summed E-state index contributed by atoms with van der Waals surface area (Å²) in [5.41, 5.74) is 0.930. The molecule has 0 heterocycles. The predicted octanol–water partition coefficient (Wildman–Crippen LogP) is 1.38. The quantitative estimate of drug-likeness (QED) is 0.722. The van der Waals surface area contributed by atoms with Crippen LogP contribution in [0.15, 0.2) is 30.3 Å². The molecule has 0 saturated heterocycles. The molecule has 0 aliphatic heterocycles. The minimum absolute atomic E-state index is 0.0435. The molecule has 2 N–H and O–H groups in total. The summed E-state index contributed by atoms with van der Waals surface area (Å²) in [6.07, 6.45) is 0.939. The second-order valence-electron chi connectivity index (χ2n) is 3.03. The van der Waals surface area contributed by atoms with Gasteiger partial charge in [-0.2, -0.15) is 0 Å². The van der Waals surface area contributed by atoms with E-state index in [1.807, 2.05) is 37.3 Å². The highest BCUT2D eigenvalue weighted by atomic mass is 16.2. The lowest BCUT2D eigenvalue weighted by Gasteiger charge is -2.19. The Labute approximate surface area is 84.7 Å². The molecule has 1 aromatic rings. The van der Waals surface area contributed by atoms with Crippen LogP contribution in [0.2, 0.25) is 0 Å². The zero-order chi connectivity index (χ0) is 10.4. The van der Waals surface area contributed by atoms with E-state index >= 15 is 0 Å². The number of hydrogen-bond acceptors (Lipinski definition) is 1. The molecule has 3 nitrogen and oxygen atoms in total. The monoisotopic (exact) mass is 192 g/mol.